The van der Waals surface area contributed by atoms with Crippen molar-refractivity contribution in [2.75, 3.05) is 0 Å². The van der Waals surface area contributed by atoms with Gasteiger partial charge in [0, 0.05) is 11.1 Å². The van der Waals surface area contributed by atoms with Gasteiger partial charge in [-0.3, -0.25) is 9.59 Å². The Labute approximate surface area is 208 Å². The highest BCUT2D eigenvalue weighted by Crippen LogP contribution is 2.26. The van der Waals surface area contributed by atoms with E-state index in [2.05, 4.69) is 38.2 Å². The van der Waals surface area contributed by atoms with Crippen molar-refractivity contribution >= 4 is 11.6 Å². The molecule has 0 bridgehead atoms. The monoisotopic (exact) mass is 462 g/mol. The van der Waals surface area contributed by atoms with E-state index in [0.717, 1.165) is 59.1 Å². The van der Waals surface area contributed by atoms with Crippen LogP contribution in [0.3, 0.4) is 0 Å². The molecule has 2 aliphatic rings. The third-order valence-corrected chi connectivity index (χ3v) is 6.82. The van der Waals surface area contributed by atoms with Crippen LogP contribution < -0.4 is 0 Å². The first-order valence-corrected chi connectivity index (χ1v) is 13.7. The number of carbonyl (C=O) groups is 2. The zero-order valence-corrected chi connectivity index (χ0v) is 22.2. The molecule has 0 spiro atoms. The van der Waals surface area contributed by atoms with Crippen LogP contribution in [0.25, 0.3) is 0 Å². The smallest absolute Gasteiger partial charge is 0.184 e. The average Bonchev–Trinajstić information content (AvgIpc) is 2.82. The van der Waals surface area contributed by atoms with Crippen LogP contribution in [0.15, 0.2) is 69.9 Å². The van der Waals surface area contributed by atoms with Gasteiger partial charge in [0.25, 0.3) is 0 Å². The molecular weight excluding hydrogens is 416 g/mol. The summed E-state index contributed by atoms with van der Waals surface area (Å²) in [5, 5.41) is 0. The molecule has 0 amide bonds. The number of hydrogen-bond acceptors (Lipinski definition) is 2. The molecule has 0 saturated heterocycles. The number of Topliss-reactive ketones (excluding diaryl/α,β-unsaturated/α-hetero) is 2. The Kier molecular flexibility index (Phi) is 12.9. The van der Waals surface area contributed by atoms with E-state index in [4.69, 9.17) is 0 Å². The second kappa shape index (κ2) is 15.6. The fourth-order valence-corrected chi connectivity index (χ4v) is 4.70. The lowest BCUT2D eigenvalue weighted by Crippen LogP contribution is -2.09. The van der Waals surface area contributed by atoms with Crippen LogP contribution in [0, 0.1) is 0 Å². The zero-order chi connectivity index (χ0) is 24.8. The summed E-state index contributed by atoms with van der Waals surface area (Å²) in [7, 11) is 0. The van der Waals surface area contributed by atoms with E-state index in [1.165, 1.54) is 64.2 Å². The Morgan fingerprint density at radius 3 is 1.26 bits per heavy atom. The minimum absolute atomic E-state index is 0.193. The van der Waals surface area contributed by atoms with Crippen LogP contribution in [0.2, 0.25) is 0 Å². The Morgan fingerprint density at radius 2 is 0.882 bits per heavy atom. The summed E-state index contributed by atoms with van der Waals surface area (Å²) in [5.41, 5.74) is 5.64. The van der Waals surface area contributed by atoms with Gasteiger partial charge in [-0.2, -0.15) is 0 Å². The quantitative estimate of drug-likeness (QED) is 0.227. The van der Waals surface area contributed by atoms with Crippen LogP contribution in [-0.2, 0) is 9.59 Å². The summed E-state index contributed by atoms with van der Waals surface area (Å²) in [6.07, 6.45) is 28.8. The molecule has 186 valence electrons. The molecule has 0 aliphatic heterocycles. The molecule has 2 nitrogen and oxygen atoms in total. The van der Waals surface area contributed by atoms with E-state index in [-0.39, 0.29) is 11.6 Å². The Hall–Kier alpha value is -2.22. The lowest BCUT2D eigenvalue weighted by atomic mass is 9.89. The number of rotatable bonds is 15. The number of ketones is 2. The van der Waals surface area contributed by atoms with Gasteiger partial charge in [0.2, 0.25) is 0 Å². The topological polar surface area (TPSA) is 34.1 Å². The van der Waals surface area contributed by atoms with Gasteiger partial charge in [-0.25, -0.2) is 0 Å². The zero-order valence-electron chi connectivity index (χ0n) is 22.2. The van der Waals surface area contributed by atoms with Gasteiger partial charge in [-0.1, -0.05) is 90.2 Å². The number of carbonyl (C=O) groups excluding carboxylic acids is 2. The van der Waals surface area contributed by atoms with E-state index in [0.29, 0.717) is 0 Å². The Bertz CT molecular complexity index is 812. The third kappa shape index (κ3) is 9.57. The minimum atomic E-state index is 0.193. The van der Waals surface area contributed by atoms with Crippen LogP contribution in [-0.4, -0.2) is 11.6 Å². The van der Waals surface area contributed by atoms with E-state index < -0.39 is 0 Å². The van der Waals surface area contributed by atoms with Crippen molar-refractivity contribution in [3.05, 3.63) is 69.9 Å². The fraction of sp³-hybridized carbons (Fsp3) is 0.562. The second-order valence-electron chi connectivity index (χ2n) is 10.0. The highest BCUT2D eigenvalue weighted by atomic mass is 16.1. The standard InChI is InChI=1S/C32H46O2/c1-5-7-9-11-13-15-17-29-23-27(21-25(3)31(29)33)19-20-28-22-26(4)32(34)30(24-28)18-16-14-12-10-8-6-2/h19-24H,5-18H2,1-4H3/b27-19-,28-20-. The Balaban J connectivity index is 2.02. The largest absolute Gasteiger partial charge is 0.289 e. The van der Waals surface area contributed by atoms with Gasteiger partial charge in [-0.15, -0.1) is 0 Å². The fourth-order valence-electron chi connectivity index (χ4n) is 4.70. The molecule has 0 fully saturated rings. The molecule has 2 rings (SSSR count). The van der Waals surface area contributed by atoms with Crippen molar-refractivity contribution in [2.24, 2.45) is 0 Å². The summed E-state index contributed by atoms with van der Waals surface area (Å²) in [6.45, 7) is 8.30. The molecule has 0 aromatic heterocycles. The van der Waals surface area contributed by atoms with Gasteiger partial charge in [0.05, 0.1) is 0 Å². The lowest BCUT2D eigenvalue weighted by Gasteiger charge is -2.14. The number of hydrogen-bond donors (Lipinski definition) is 0. The van der Waals surface area contributed by atoms with Crippen LogP contribution in [0.5, 0.6) is 0 Å². The van der Waals surface area contributed by atoms with Crippen molar-refractivity contribution in [2.45, 2.75) is 118 Å². The average molecular weight is 463 g/mol. The maximum absolute atomic E-state index is 12.6. The molecule has 2 heteroatoms. The molecule has 0 N–H and O–H groups in total. The maximum Gasteiger partial charge on any atom is 0.184 e. The first kappa shape index (κ1) is 28.0. The molecule has 0 aromatic rings. The minimum Gasteiger partial charge on any atom is -0.289 e. The van der Waals surface area contributed by atoms with Crippen LogP contribution >= 0.6 is 0 Å². The van der Waals surface area contributed by atoms with E-state index >= 15 is 0 Å². The molecule has 0 aromatic carbocycles. The van der Waals surface area contributed by atoms with Gasteiger partial charge in [-0.05, 0) is 86.1 Å². The van der Waals surface area contributed by atoms with E-state index in [9.17, 15) is 9.59 Å². The number of allylic oxidation sites excluding steroid dienone is 12. The molecule has 34 heavy (non-hydrogen) atoms. The summed E-state index contributed by atoms with van der Waals surface area (Å²) < 4.78 is 0. The van der Waals surface area contributed by atoms with Crippen molar-refractivity contribution in [3.63, 3.8) is 0 Å². The van der Waals surface area contributed by atoms with Gasteiger partial charge in [0.1, 0.15) is 0 Å². The molecule has 2 aliphatic carbocycles. The summed E-state index contributed by atoms with van der Waals surface area (Å²) in [6, 6.07) is 0. The first-order valence-electron chi connectivity index (χ1n) is 13.7. The molecule has 0 unspecified atom stereocenters. The summed E-state index contributed by atoms with van der Waals surface area (Å²) in [4.78, 5) is 25.2. The van der Waals surface area contributed by atoms with Gasteiger partial charge < -0.3 is 0 Å². The normalized spacial score (nSPS) is 18.8. The van der Waals surface area contributed by atoms with Crippen molar-refractivity contribution in [1.29, 1.82) is 0 Å². The van der Waals surface area contributed by atoms with Crippen molar-refractivity contribution < 1.29 is 9.59 Å². The lowest BCUT2D eigenvalue weighted by molar-refractivity contribution is -0.113. The van der Waals surface area contributed by atoms with E-state index in [1.54, 1.807) is 0 Å². The SMILES string of the molecule is CCCCCCCCC1=C/C(=C\C=C2\C=C(C)C(=O)C(CCCCCCCC)=C2)C=C(C)C1=O. The molecule has 0 saturated carbocycles. The number of unbranched alkanes of at least 4 members (excludes halogenated alkanes) is 10. The summed E-state index contributed by atoms with van der Waals surface area (Å²) >= 11 is 0. The van der Waals surface area contributed by atoms with Gasteiger partial charge >= 0.3 is 0 Å². The summed E-state index contributed by atoms with van der Waals surface area (Å²) in [5.74, 6) is 0.386. The highest BCUT2D eigenvalue weighted by molar-refractivity contribution is 6.10. The molecule has 0 atom stereocenters. The maximum atomic E-state index is 12.6. The molecule has 0 radical (unpaired) electrons. The van der Waals surface area contributed by atoms with Crippen molar-refractivity contribution in [1.82, 2.24) is 0 Å². The van der Waals surface area contributed by atoms with Crippen molar-refractivity contribution in [3.8, 4) is 0 Å². The first-order chi connectivity index (χ1) is 16.5. The molecule has 0 heterocycles. The predicted octanol–water partition coefficient (Wildman–Crippen LogP) is 9.25. The van der Waals surface area contributed by atoms with E-state index in [1.807, 2.05) is 26.0 Å². The van der Waals surface area contributed by atoms with Crippen LogP contribution in [0.1, 0.15) is 118 Å². The molecular formula is C32H46O2. The van der Waals surface area contributed by atoms with Gasteiger partial charge in [0.15, 0.2) is 11.6 Å². The second-order valence-corrected chi connectivity index (χ2v) is 10.0. The van der Waals surface area contributed by atoms with Crippen LogP contribution in [0.4, 0.5) is 0 Å². The predicted molar refractivity (Wildman–Crippen MR) is 146 cm³/mol. The third-order valence-electron chi connectivity index (χ3n) is 6.82. The highest BCUT2D eigenvalue weighted by Gasteiger charge is 2.18. The Morgan fingerprint density at radius 1 is 0.529 bits per heavy atom.